The highest BCUT2D eigenvalue weighted by atomic mass is 16.7. The zero-order valence-electron chi connectivity index (χ0n) is 12.9. The third-order valence-corrected chi connectivity index (χ3v) is 4.37. The maximum atomic E-state index is 11.3. The van der Waals surface area contributed by atoms with Gasteiger partial charge in [0.05, 0.1) is 22.9 Å². The molecule has 3 rings (SSSR count). The van der Waals surface area contributed by atoms with Crippen molar-refractivity contribution in [3.8, 4) is 5.75 Å². The summed E-state index contributed by atoms with van der Waals surface area (Å²) in [5, 5.41) is 0. The van der Waals surface area contributed by atoms with E-state index in [1.165, 1.54) is 0 Å². The number of aldehydes is 1. The van der Waals surface area contributed by atoms with Crippen molar-refractivity contribution in [3.63, 3.8) is 0 Å². The van der Waals surface area contributed by atoms with Gasteiger partial charge >= 0.3 is 7.12 Å². The fourth-order valence-corrected chi connectivity index (χ4v) is 2.18. The SMILES string of the molecule is CC1(C)OB(c2nccc(C=O)c2OC2CC2)OC1(C)C. The Morgan fingerprint density at radius 2 is 1.90 bits per heavy atom. The minimum absolute atomic E-state index is 0.175. The molecule has 6 heteroatoms. The first-order chi connectivity index (χ1) is 9.84. The zero-order valence-corrected chi connectivity index (χ0v) is 12.9. The van der Waals surface area contributed by atoms with Crippen LogP contribution in [-0.2, 0) is 9.31 Å². The van der Waals surface area contributed by atoms with Crippen LogP contribution in [0.2, 0.25) is 0 Å². The Labute approximate surface area is 125 Å². The van der Waals surface area contributed by atoms with Crippen molar-refractivity contribution in [1.29, 1.82) is 0 Å². The van der Waals surface area contributed by atoms with Crippen molar-refractivity contribution in [2.24, 2.45) is 0 Å². The van der Waals surface area contributed by atoms with E-state index in [1.54, 1.807) is 12.3 Å². The van der Waals surface area contributed by atoms with E-state index < -0.39 is 18.3 Å². The normalized spacial score (nSPS) is 23.1. The Balaban J connectivity index is 1.97. The van der Waals surface area contributed by atoms with Gasteiger partial charge in [0.2, 0.25) is 0 Å². The average molecular weight is 289 g/mol. The second-order valence-electron chi connectivity index (χ2n) is 6.64. The van der Waals surface area contributed by atoms with Crippen LogP contribution < -0.4 is 10.3 Å². The highest BCUT2D eigenvalue weighted by Crippen LogP contribution is 2.37. The van der Waals surface area contributed by atoms with Crippen LogP contribution in [0.15, 0.2) is 12.3 Å². The number of carbonyl (C=O) groups is 1. The Kier molecular flexibility index (Phi) is 3.33. The predicted molar refractivity (Wildman–Crippen MR) is 79.0 cm³/mol. The van der Waals surface area contributed by atoms with Gasteiger partial charge in [0.1, 0.15) is 11.3 Å². The topological polar surface area (TPSA) is 57.7 Å². The molecule has 112 valence electrons. The van der Waals surface area contributed by atoms with Gasteiger partial charge in [-0.2, -0.15) is 0 Å². The number of rotatable bonds is 4. The van der Waals surface area contributed by atoms with E-state index in [2.05, 4.69) is 4.98 Å². The van der Waals surface area contributed by atoms with E-state index in [-0.39, 0.29) is 6.10 Å². The summed E-state index contributed by atoms with van der Waals surface area (Å²) in [6, 6.07) is 1.65. The van der Waals surface area contributed by atoms with Gasteiger partial charge in [-0.25, -0.2) is 0 Å². The fourth-order valence-electron chi connectivity index (χ4n) is 2.18. The van der Waals surface area contributed by atoms with Crippen molar-refractivity contribution in [1.82, 2.24) is 4.98 Å². The third kappa shape index (κ3) is 2.58. The molecule has 5 nitrogen and oxygen atoms in total. The summed E-state index contributed by atoms with van der Waals surface area (Å²) in [4.78, 5) is 15.6. The molecule has 1 saturated carbocycles. The van der Waals surface area contributed by atoms with Crippen molar-refractivity contribution in [2.45, 2.75) is 57.8 Å². The second kappa shape index (κ2) is 4.82. The maximum Gasteiger partial charge on any atom is 0.518 e. The summed E-state index contributed by atoms with van der Waals surface area (Å²) in [5.74, 6) is 0.494. The Morgan fingerprint density at radius 1 is 1.29 bits per heavy atom. The molecule has 0 N–H and O–H groups in total. The summed E-state index contributed by atoms with van der Waals surface area (Å²) < 4.78 is 17.9. The summed E-state index contributed by atoms with van der Waals surface area (Å²) >= 11 is 0. The van der Waals surface area contributed by atoms with Crippen molar-refractivity contribution < 1.29 is 18.8 Å². The molecule has 0 atom stereocenters. The van der Waals surface area contributed by atoms with Gasteiger partial charge in [-0.05, 0) is 46.6 Å². The van der Waals surface area contributed by atoms with E-state index in [0.29, 0.717) is 16.9 Å². The average Bonchev–Trinajstić information content (AvgIpc) is 3.17. The highest BCUT2D eigenvalue weighted by Gasteiger charge is 2.53. The Morgan fingerprint density at radius 3 is 2.43 bits per heavy atom. The molecule has 0 aromatic carbocycles. The molecule has 2 fully saturated rings. The maximum absolute atomic E-state index is 11.3. The lowest BCUT2D eigenvalue weighted by Crippen LogP contribution is -2.41. The third-order valence-electron chi connectivity index (χ3n) is 4.37. The Hall–Kier alpha value is -1.40. The van der Waals surface area contributed by atoms with E-state index in [9.17, 15) is 4.79 Å². The highest BCUT2D eigenvalue weighted by molar-refractivity contribution is 6.62. The molecule has 1 aromatic rings. The van der Waals surface area contributed by atoms with Gasteiger partial charge in [0.15, 0.2) is 6.29 Å². The molecule has 2 aliphatic rings. The minimum atomic E-state index is -0.622. The largest absolute Gasteiger partial charge is 0.518 e. The molecule has 1 aromatic heterocycles. The van der Waals surface area contributed by atoms with Crippen molar-refractivity contribution in [2.75, 3.05) is 0 Å². The lowest BCUT2D eigenvalue weighted by Gasteiger charge is -2.32. The van der Waals surface area contributed by atoms with Gasteiger partial charge in [-0.3, -0.25) is 9.78 Å². The van der Waals surface area contributed by atoms with Crippen LogP contribution in [0.3, 0.4) is 0 Å². The molecule has 1 saturated heterocycles. The second-order valence-corrected chi connectivity index (χ2v) is 6.64. The van der Waals surface area contributed by atoms with E-state index in [1.807, 2.05) is 27.7 Å². The fraction of sp³-hybridized carbons (Fsp3) is 0.600. The van der Waals surface area contributed by atoms with E-state index in [4.69, 9.17) is 14.0 Å². The number of hydrogen-bond acceptors (Lipinski definition) is 5. The molecular weight excluding hydrogens is 269 g/mol. The minimum Gasteiger partial charge on any atom is -0.488 e. The molecule has 21 heavy (non-hydrogen) atoms. The van der Waals surface area contributed by atoms with Crippen LogP contribution in [0.25, 0.3) is 0 Å². The molecule has 2 heterocycles. The first-order valence-corrected chi connectivity index (χ1v) is 7.30. The quantitative estimate of drug-likeness (QED) is 0.624. The standard InChI is InChI=1S/C15H20BNO4/c1-14(2)15(3,4)21-16(20-14)13-12(19-11-5-6-11)10(9-18)7-8-17-13/h7-9,11H,5-6H2,1-4H3. The number of hydrogen-bond donors (Lipinski definition) is 0. The van der Waals surface area contributed by atoms with Crippen LogP contribution in [0.5, 0.6) is 5.75 Å². The lowest BCUT2D eigenvalue weighted by molar-refractivity contribution is 0.00578. The molecule has 1 aliphatic heterocycles. The monoisotopic (exact) mass is 289 g/mol. The molecule has 0 radical (unpaired) electrons. The molecule has 0 spiro atoms. The molecule has 0 amide bonds. The van der Waals surface area contributed by atoms with Crippen LogP contribution in [0, 0.1) is 0 Å². The van der Waals surface area contributed by atoms with Gasteiger partial charge in [0.25, 0.3) is 0 Å². The van der Waals surface area contributed by atoms with Crippen LogP contribution in [-0.4, -0.2) is 35.7 Å². The first-order valence-electron chi connectivity index (χ1n) is 7.30. The van der Waals surface area contributed by atoms with Crippen LogP contribution >= 0.6 is 0 Å². The van der Waals surface area contributed by atoms with Gasteiger partial charge in [0, 0.05) is 6.20 Å². The zero-order chi connectivity index (χ0) is 15.3. The van der Waals surface area contributed by atoms with Gasteiger partial charge in [-0.15, -0.1) is 0 Å². The van der Waals surface area contributed by atoms with Crippen molar-refractivity contribution >= 4 is 19.0 Å². The Bertz CT molecular complexity index is 553. The molecule has 0 bridgehead atoms. The predicted octanol–water partition coefficient (Wildman–Crippen LogP) is 1.73. The molecule has 1 aliphatic carbocycles. The lowest BCUT2D eigenvalue weighted by atomic mass is 9.82. The van der Waals surface area contributed by atoms with Crippen LogP contribution in [0.4, 0.5) is 0 Å². The number of nitrogens with zero attached hydrogens (tertiary/aromatic N) is 1. The van der Waals surface area contributed by atoms with Crippen molar-refractivity contribution in [3.05, 3.63) is 17.8 Å². The molecular formula is C15H20BNO4. The number of ether oxygens (including phenoxy) is 1. The van der Waals surface area contributed by atoms with Gasteiger partial charge in [-0.1, -0.05) is 0 Å². The number of carbonyl (C=O) groups excluding carboxylic acids is 1. The molecule has 0 unspecified atom stereocenters. The number of aromatic nitrogens is 1. The van der Waals surface area contributed by atoms with E-state index >= 15 is 0 Å². The van der Waals surface area contributed by atoms with E-state index in [0.717, 1.165) is 19.1 Å². The summed E-state index contributed by atoms with van der Waals surface area (Å²) in [7, 11) is -0.622. The van der Waals surface area contributed by atoms with Crippen LogP contribution in [0.1, 0.15) is 50.9 Å². The van der Waals surface area contributed by atoms with Gasteiger partial charge < -0.3 is 14.0 Å². The summed E-state index contributed by atoms with van der Waals surface area (Å²) in [6.07, 6.45) is 4.57. The summed E-state index contributed by atoms with van der Waals surface area (Å²) in [5.41, 5.74) is 0.132. The smallest absolute Gasteiger partial charge is 0.488 e. The first kappa shape index (κ1) is 14.5. The number of pyridine rings is 1. The summed E-state index contributed by atoms with van der Waals surface area (Å²) in [6.45, 7) is 7.94.